The van der Waals surface area contributed by atoms with Crippen LogP contribution in [0.4, 0.5) is 27.5 Å². The van der Waals surface area contributed by atoms with Crippen LogP contribution in [-0.4, -0.2) is 74.8 Å². The first-order valence-corrected chi connectivity index (χ1v) is 13.4. The van der Waals surface area contributed by atoms with Crippen LogP contribution in [0, 0.1) is 11.7 Å². The zero-order chi connectivity index (χ0) is 25.4. The molecule has 6 rings (SSSR count). The van der Waals surface area contributed by atoms with Gasteiger partial charge in [0.05, 0.1) is 23.3 Å². The summed E-state index contributed by atoms with van der Waals surface area (Å²) in [7, 11) is 3.96. The molecular formula is C26H35FN10. The summed E-state index contributed by atoms with van der Waals surface area (Å²) in [6, 6.07) is 3.99. The Kier molecular flexibility index (Phi) is 6.62. The van der Waals surface area contributed by atoms with Crippen molar-refractivity contribution in [1.82, 2.24) is 35.1 Å². The number of piperidine rings is 2. The lowest BCUT2D eigenvalue weighted by atomic mass is 9.83. The molecule has 2 saturated heterocycles. The average molecular weight is 507 g/mol. The highest BCUT2D eigenvalue weighted by atomic mass is 19.1. The summed E-state index contributed by atoms with van der Waals surface area (Å²) in [6.45, 7) is 3.32. The summed E-state index contributed by atoms with van der Waals surface area (Å²) in [5.74, 6) is 1.70. The molecule has 11 heteroatoms. The van der Waals surface area contributed by atoms with Crippen molar-refractivity contribution in [2.45, 2.75) is 56.9 Å². The Hall–Kier alpha value is -3.34. The zero-order valence-corrected chi connectivity index (χ0v) is 21.6. The molecule has 2 atom stereocenters. The van der Waals surface area contributed by atoms with Gasteiger partial charge in [0.25, 0.3) is 0 Å². The number of nitrogens with one attached hydrogen (secondary N) is 2. The molecule has 3 aromatic rings. The fourth-order valence-electron chi connectivity index (χ4n) is 5.92. The third-order valence-electron chi connectivity index (χ3n) is 7.99. The number of hydrogen-bond donors (Lipinski definition) is 2. The molecule has 1 aliphatic carbocycles. The van der Waals surface area contributed by atoms with Crippen LogP contribution in [0.3, 0.4) is 0 Å². The third-order valence-corrected chi connectivity index (χ3v) is 7.99. The standard InChI is InChI=1S/C26H35FN10/c1-35(2)24-15-29-26(32-25(24)28-14-18-6-5-11-36-10-4-3-7-22(18)36)31-21-13-23(37-16-30-33-34-37)19(12-20(21)27)17-8-9-17/h12-13,15-18,22H,3-11,14H2,1-2H3,(H2,28,29,31,32)/t18-,22+/m0/s1. The summed E-state index contributed by atoms with van der Waals surface area (Å²) in [4.78, 5) is 13.9. The maximum absolute atomic E-state index is 15.2. The molecule has 2 aliphatic heterocycles. The summed E-state index contributed by atoms with van der Waals surface area (Å²) in [5, 5.41) is 18.3. The second-order valence-electron chi connectivity index (χ2n) is 10.7. The number of nitrogens with zero attached hydrogens (tertiary/aromatic N) is 8. The van der Waals surface area contributed by atoms with E-state index >= 15 is 4.39 Å². The highest BCUT2D eigenvalue weighted by molar-refractivity contribution is 5.68. The minimum atomic E-state index is -0.340. The maximum Gasteiger partial charge on any atom is 0.229 e. The van der Waals surface area contributed by atoms with E-state index in [4.69, 9.17) is 4.98 Å². The van der Waals surface area contributed by atoms with E-state index in [1.807, 2.05) is 19.0 Å². The van der Waals surface area contributed by atoms with Crippen LogP contribution in [0.5, 0.6) is 0 Å². The molecule has 0 unspecified atom stereocenters. The van der Waals surface area contributed by atoms with Gasteiger partial charge in [0.15, 0.2) is 5.82 Å². The quantitative estimate of drug-likeness (QED) is 0.470. The Morgan fingerprint density at radius 1 is 1.08 bits per heavy atom. The van der Waals surface area contributed by atoms with E-state index in [0.717, 1.165) is 42.1 Å². The first-order valence-electron chi connectivity index (χ1n) is 13.4. The normalized spacial score (nSPS) is 21.9. The van der Waals surface area contributed by atoms with Crippen LogP contribution in [0.15, 0.2) is 24.7 Å². The Labute approximate surface area is 216 Å². The van der Waals surface area contributed by atoms with Gasteiger partial charge in [-0.15, -0.1) is 5.10 Å². The van der Waals surface area contributed by atoms with Crippen molar-refractivity contribution >= 4 is 23.1 Å². The number of hydrogen-bond acceptors (Lipinski definition) is 9. The topological polar surface area (TPSA) is 99.9 Å². The Balaban J connectivity index is 1.24. The minimum Gasteiger partial charge on any atom is -0.373 e. The Morgan fingerprint density at radius 3 is 2.73 bits per heavy atom. The second kappa shape index (κ2) is 10.2. The van der Waals surface area contributed by atoms with Gasteiger partial charge in [-0.3, -0.25) is 0 Å². The van der Waals surface area contributed by atoms with Crippen LogP contribution >= 0.6 is 0 Å². The maximum atomic E-state index is 15.2. The largest absolute Gasteiger partial charge is 0.373 e. The van der Waals surface area contributed by atoms with E-state index in [9.17, 15) is 0 Å². The second-order valence-corrected chi connectivity index (χ2v) is 10.7. The Bertz CT molecular complexity index is 1220. The van der Waals surface area contributed by atoms with Crippen molar-refractivity contribution < 1.29 is 4.39 Å². The molecule has 0 bridgehead atoms. The van der Waals surface area contributed by atoms with Gasteiger partial charge >= 0.3 is 0 Å². The number of fused-ring (bicyclic) bond motifs is 1. The molecular weight excluding hydrogens is 471 g/mol. The van der Waals surface area contributed by atoms with Gasteiger partial charge in [0, 0.05) is 26.7 Å². The van der Waals surface area contributed by atoms with Gasteiger partial charge in [-0.2, -0.15) is 4.98 Å². The summed E-state index contributed by atoms with van der Waals surface area (Å²) >= 11 is 0. The SMILES string of the molecule is CN(C)c1cnc(Nc2cc(-n3cnnn3)c(C3CC3)cc2F)nc1NC[C@@H]1CCCN2CCCC[C@H]12. The number of halogens is 1. The van der Waals surface area contributed by atoms with E-state index in [0.29, 0.717) is 29.5 Å². The summed E-state index contributed by atoms with van der Waals surface area (Å²) in [5.41, 5.74) is 2.89. The molecule has 3 aliphatic rings. The Morgan fingerprint density at radius 2 is 1.95 bits per heavy atom. The van der Waals surface area contributed by atoms with Gasteiger partial charge in [0.2, 0.25) is 5.95 Å². The molecule has 37 heavy (non-hydrogen) atoms. The monoisotopic (exact) mass is 506 g/mol. The van der Waals surface area contributed by atoms with E-state index in [-0.39, 0.29) is 5.82 Å². The molecule has 4 heterocycles. The molecule has 2 aromatic heterocycles. The first kappa shape index (κ1) is 24.0. The van der Waals surface area contributed by atoms with Gasteiger partial charge in [-0.05, 0) is 91.6 Å². The highest BCUT2D eigenvalue weighted by Crippen LogP contribution is 2.44. The van der Waals surface area contributed by atoms with Crippen LogP contribution in [0.2, 0.25) is 0 Å². The van der Waals surface area contributed by atoms with Crippen molar-refractivity contribution in [2.75, 3.05) is 49.3 Å². The lowest BCUT2D eigenvalue weighted by molar-refractivity contribution is 0.0649. The molecule has 1 saturated carbocycles. The van der Waals surface area contributed by atoms with Gasteiger partial charge < -0.3 is 20.4 Å². The summed E-state index contributed by atoms with van der Waals surface area (Å²) < 4.78 is 16.8. The molecule has 0 amide bonds. The minimum absolute atomic E-state index is 0.295. The van der Waals surface area contributed by atoms with Crippen molar-refractivity contribution in [3.05, 3.63) is 36.0 Å². The molecule has 2 N–H and O–H groups in total. The number of rotatable bonds is 8. The molecule has 10 nitrogen and oxygen atoms in total. The number of anilines is 4. The van der Waals surface area contributed by atoms with E-state index in [1.165, 1.54) is 51.5 Å². The molecule has 0 radical (unpaired) electrons. The summed E-state index contributed by atoms with van der Waals surface area (Å²) in [6.07, 6.45) is 11.8. The number of tetrazole rings is 1. The van der Waals surface area contributed by atoms with Crippen LogP contribution in [0.25, 0.3) is 5.69 Å². The first-order chi connectivity index (χ1) is 18.1. The fraction of sp³-hybridized carbons (Fsp3) is 0.577. The van der Waals surface area contributed by atoms with Crippen LogP contribution in [0.1, 0.15) is 56.4 Å². The van der Waals surface area contributed by atoms with Gasteiger partial charge in [0.1, 0.15) is 12.1 Å². The molecule has 0 spiro atoms. The van der Waals surface area contributed by atoms with Crippen molar-refractivity contribution in [3.63, 3.8) is 0 Å². The van der Waals surface area contributed by atoms with Crippen LogP contribution < -0.4 is 15.5 Å². The lowest BCUT2D eigenvalue weighted by Crippen LogP contribution is -2.49. The predicted molar refractivity (Wildman–Crippen MR) is 141 cm³/mol. The fourth-order valence-corrected chi connectivity index (χ4v) is 5.92. The smallest absolute Gasteiger partial charge is 0.229 e. The molecule has 3 fully saturated rings. The number of benzene rings is 1. The van der Waals surface area contributed by atoms with Crippen LogP contribution in [-0.2, 0) is 0 Å². The zero-order valence-electron chi connectivity index (χ0n) is 21.6. The van der Waals surface area contributed by atoms with E-state index < -0.39 is 0 Å². The van der Waals surface area contributed by atoms with E-state index in [2.05, 4.69) is 36.0 Å². The average Bonchev–Trinajstić information content (AvgIpc) is 3.61. The molecule has 196 valence electrons. The van der Waals surface area contributed by atoms with Crippen molar-refractivity contribution in [1.29, 1.82) is 0 Å². The van der Waals surface area contributed by atoms with Gasteiger partial charge in [-0.1, -0.05) is 6.42 Å². The van der Waals surface area contributed by atoms with Gasteiger partial charge in [-0.25, -0.2) is 14.1 Å². The van der Waals surface area contributed by atoms with E-state index in [1.54, 1.807) is 23.0 Å². The van der Waals surface area contributed by atoms with Crippen molar-refractivity contribution in [2.24, 2.45) is 5.92 Å². The predicted octanol–water partition coefficient (Wildman–Crippen LogP) is 3.95. The number of aromatic nitrogens is 6. The third kappa shape index (κ3) is 5.09. The van der Waals surface area contributed by atoms with Crippen molar-refractivity contribution in [3.8, 4) is 5.69 Å². The highest BCUT2D eigenvalue weighted by Gasteiger charge is 2.33. The lowest BCUT2D eigenvalue weighted by Gasteiger charge is -2.44. The molecule has 1 aromatic carbocycles.